The fourth-order valence-corrected chi connectivity index (χ4v) is 5.31. The maximum atomic E-state index is 12.5. The molecule has 0 atom stereocenters. The monoisotopic (exact) mass is 505 g/mol. The van der Waals surface area contributed by atoms with Crippen LogP contribution in [-0.4, -0.2) is 48.7 Å². The normalized spacial score (nSPS) is 11.7. The second kappa shape index (κ2) is 10.6. The summed E-state index contributed by atoms with van der Waals surface area (Å²) >= 11 is 2.64. The highest BCUT2D eigenvalue weighted by Gasteiger charge is 2.19. The molecule has 176 valence electrons. The minimum Gasteiger partial charge on any atom is -0.330 e. The number of hydrogen-bond donors (Lipinski definition) is 2. The predicted octanol–water partition coefficient (Wildman–Crippen LogP) is 4.69. The number of anilines is 3. The number of aryl methyl sites for hydroxylation is 1. The van der Waals surface area contributed by atoms with Crippen LogP contribution < -0.4 is 10.6 Å². The predicted molar refractivity (Wildman–Crippen MR) is 135 cm³/mol. The Morgan fingerprint density at radius 2 is 1.82 bits per heavy atom. The molecule has 0 aliphatic rings. The first kappa shape index (κ1) is 25.2. The van der Waals surface area contributed by atoms with E-state index in [4.69, 9.17) is 0 Å². The van der Waals surface area contributed by atoms with Gasteiger partial charge in [0, 0.05) is 25.5 Å². The van der Waals surface area contributed by atoms with Crippen molar-refractivity contribution >= 4 is 55.5 Å². The van der Waals surface area contributed by atoms with Gasteiger partial charge in [-0.3, -0.25) is 4.79 Å². The molecule has 2 N–H and O–H groups in total. The van der Waals surface area contributed by atoms with Crippen LogP contribution >= 0.6 is 23.1 Å². The van der Waals surface area contributed by atoms with Crippen LogP contribution in [0, 0.1) is 6.92 Å². The summed E-state index contributed by atoms with van der Waals surface area (Å²) in [6.07, 6.45) is 0. The van der Waals surface area contributed by atoms with Gasteiger partial charge in [-0.05, 0) is 48.2 Å². The van der Waals surface area contributed by atoms with E-state index >= 15 is 0 Å². The topological polar surface area (TPSA) is 104 Å². The fraction of sp³-hybridized carbons (Fsp3) is 0.318. The van der Waals surface area contributed by atoms with Crippen LogP contribution in [0.15, 0.2) is 51.7 Å². The van der Waals surface area contributed by atoms with E-state index in [0.29, 0.717) is 21.1 Å². The van der Waals surface area contributed by atoms with Gasteiger partial charge in [0.2, 0.25) is 21.1 Å². The zero-order valence-corrected chi connectivity index (χ0v) is 21.6. The van der Waals surface area contributed by atoms with Crippen LogP contribution in [0.25, 0.3) is 0 Å². The van der Waals surface area contributed by atoms with Gasteiger partial charge in [0.15, 0.2) is 4.34 Å². The fourth-order valence-electron chi connectivity index (χ4n) is 2.81. The number of amides is 1. The van der Waals surface area contributed by atoms with Crippen LogP contribution in [0.5, 0.6) is 0 Å². The highest BCUT2D eigenvalue weighted by Crippen LogP contribution is 2.29. The number of nitrogens with zero attached hydrogens (tertiary/aromatic N) is 3. The van der Waals surface area contributed by atoms with Gasteiger partial charge in [0.1, 0.15) is 0 Å². The zero-order valence-electron chi connectivity index (χ0n) is 19.1. The summed E-state index contributed by atoms with van der Waals surface area (Å²) < 4.78 is 26.5. The number of aromatic nitrogens is 2. The standard InChI is InChI=1S/C22H27N5O3S3/c1-14(2)16-7-9-17(10-8-16)23-21-25-26-22(32-21)31-13-20(28)24-19-12-18(11-6-15(19)3)33(29,30)27(4)5/h6-12,14H,13H2,1-5H3,(H,23,25)(H,24,28). The molecule has 2 aromatic carbocycles. The lowest BCUT2D eigenvalue weighted by Crippen LogP contribution is -2.22. The Labute approximate surface area is 202 Å². The van der Waals surface area contributed by atoms with Crippen molar-refractivity contribution < 1.29 is 13.2 Å². The average Bonchev–Trinajstić information content (AvgIpc) is 3.21. The molecule has 0 saturated heterocycles. The van der Waals surface area contributed by atoms with Crippen LogP contribution in [0.4, 0.5) is 16.5 Å². The molecule has 0 aliphatic heterocycles. The summed E-state index contributed by atoms with van der Waals surface area (Å²) in [4.78, 5) is 12.6. The first-order valence-electron chi connectivity index (χ1n) is 10.2. The summed E-state index contributed by atoms with van der Waals surface area (Å²) in [6.45, 7) is 6.11. The molecule has 1 aromatic heterocycles. The lowest BCUT2D eigenvalue weighted by atomic mass is 10.0. The van der Waals surface area contributed by atoms with E-state index in [1.165, 1.54) is 54.9 Å². The zero-order chi connectivity index (χ0) is 24.2. The minimum absolute atomic E-state index is 0.127. The highest BCUT2D eigenvalue weighted by molar-refractivity contribution is 8.01. The van der Waals surface area contributed by atoms with Crippen LogP contribution in [0.2, 0.25) is 0 Å². The van der Waals surface area contributed by atoms with Crippen molar-refractivity contribution in [1.82, 2.24) is 14.5 Å². The maximum absolute atomic E-state index is 12.5. The molecule has 0 saturated carbocycles. The molecule has 0 aliphatic carbocycles. The minimum atomic E-state index is -3.58. The molecule has 0 radical (unpaired) electrons. The Kier molecular flexibility index (Phi) is 8.11. The van der Waals surface area contributed by atoms with Crippen molar-refractivity contribution in [2.75, 3.05) is 30.5 Å². The van der Waals surface area contributed by atoms with Crippen LogP contribution in [0.3, 0.4) is 0 Å². The van der Waals surface area contributed by atoms with E-state index < -0.39 is 10.0 Å². The SMILES string of the molecule is Cc1ccc(S(=O)(=O)N(C)C)cc1NC(=O)CSc1nnc(Nc2ccc(C(C)C)cc2)s1. The van der Waals surface area contributed by atoms with Crippen molar-refractivity contribution in [2.24, 2.45) is 0 Å². The van der Waals surface area contributed by atoms with Gasteiger partial charge in [-0.1, -0.05) is 55.1 Å². The lowest BCUT2D eigenvalue weighted by Gasteiger charge is -2.14. The summed E-state index contributed by atoms with van der Waals surface area (Å²) in [6, 6.07) is 12.8. The molecule has 33 heavy (non-hydrogen) atoms. The van der Waals surface area contributed by atoms with Gasteiger partial charge in [-0.15, -0.1) is 10.2 Å². The van der Waals surface area contributed by atoms with E-state index in [0.717, 1.165) is 15.6 Å². The molecular weight excluding hydrogens is 478 g/mol. The third-order valence-electron chi connectivity index (χ3n) is 4.82. The summed E-state index contributed by atoms with van der Waals surface area (Å²) in [5.74, 6) is 0.344. The van der Waals surface area contributed by atoms with E-state index in [1.54, 1.807) is 6.07 Å². The lowest BCUT2D eigenvalue weighted by molar-refractivity contribution is -0.113. The Morgan fingerprint density at radius 3 is 2.45 bits per heavy atom. The Hall–Kier alpha value is -2.47. The molecule has 1 amide bonds. The summed E-state index contributed by atoms with van der Waals surface area (Å²) in [5.41, 5.74) is 3.43. The first-order valence-corrected chi connectivity index (χ1v) is 13.5. The molecule has 0 bridgehead atoms. The number of carbonyl (C=O) groups is 1. The highest BCUT2D eigenvalue weighted by atomic mass is 32.2. The number of carbonyl (C=O) groups excluding carboxylic acids is 1. The Morgan fingerprint density at radius 1 is 1.12 bits per heavy atom. The van der Waals surface area contributed by atoms with E-state index in [2.05, 4.69) is 46.8 Å². The van der Waals surface area contributed by atoms with Crippen molar-refractivity contribution in [3.8, 4) is 0 Å². The smallest absolute Gasteiger partial charge is 0.242 e. The van der Waals surface area contributed by atoms with Gasteiger partial charge in [0.25, 0.3) is 0 Å². The van der Waals surface area contributed by atoms with Gasteiger partial charge in [-0.25, -0.2) is 12.7 Å². The van der Waals surface area contributed by atoms with E-state index in [9.17, 15) is 13.2 Å². The molecule has 0 spiro atoms. The van der Waals surface area contributed by atoms with Gasteiger partial charge >= 0.3 is 0 Å². The van der Waals surface area contributed by atoms with Crippen molar-refractivity contribution in [2.45, 2.75) is 35.9 Å². The van der Waals surface area contributed by atoms with E-state index in [1.807, 2.05) is 19.1 Å². The molecule has 8 nitrogen and oxygen atoms in total. The summed E-state index contributed by atoms with van der Waals surface area (Å²) in [5, 5.41) is 14.9. The van der Waals surface area contributed by atoms with Crippen LogP contribution in [0.1, 0.15) is 30.9 Å². The Bertz CT molecular complexity index is 1220. The largest absolute Gasteiger partial charge is 0.330 e. The second-order valence-corrected chi connectivity index (χ2v) is 12.2. The van der Waals surface area contributed by atoms with Crippen molar-refractivity contribution in [3.63, 3.8) is 0 Å². The van der Waals surface area contributed by atoms with Gasteiger partial charge in [-0.2, -0.15) is 0 Å². The number of hydrogen-bond acceptors (Lipinski definition) is 8. The molecule has 0 fully saturated rings. The van der Waals surface area contributed by atoms with Crippen LogP contribution in [-0.2, 0) is 14.8 Å². The number of sulfonamides is 1. The van der Waals surface area contributed by atoms with Gasteiger partial charge in [0.05, 0.1) is 10.6 Å². The molecule has 1 heterocycles. The molecule has 3 aromatic rings. The van der Waals surface area contributed by atoms with Crippen molar-refractivity contribution in [3.05, 3.63) is 53.6 Å². The number of rotatable bonds is 9. The molecule has 3 rings (SSSR count). The third kappa shape index (κ3) is 6.53. The molecule has 0 unspecified atom stereocenters. The molecular formula is C22H27N5O3S3. The first-order chi connectivity index (χ1) is 15.6. The Balaban J connectivity index is 1.58. The second-order valence-electron chi connectivity index (χ2n) is 7.88. The number of benzene rings is 2. The number of nitrogens with one attached hydrogen (secondary N) is 2. The quantitative estimate of drug-likeness (QED) is 0.406. The molecule has 11 heteroatoms. The van der Waals surface area contributed by atoms with Crippen molar-refractivity contribution in [1.29, 1.82) is 0 Å². The number of thioether (sulfide) groups is 1. The maximum Gasteiger partial charge on any atom is 0.242 e. The average molecular weight is 506 g/mol. The third-order valence-corrected chi connectivity index (χ3v) is 8.61. The van der Waals surface area contributed by atoms with E-state index in [-0.39, 0.29) is 16.6 Å². The summed E-state index contributed by atoms with van der Waals surface area (Å²) in [7, 11) is -0.647. The van der Waals surface area contributed by atoms with Gasteiger partial charge < -0.3 is 10.6 Å².